The molecule has 148 valence electrons. The van der Waals surface area contributed by atoms with Gasteiger partial charge in [0.25, 0.3) is 0 Å². The van der Waals surface area contributed by atoms with E-state index < -0.39 is 0 Å². The minimum atomic E-state index is 0.0178. The summed E-state index contributed by atoms with van der Waals surface area (Å²) in [5.41, 5.74) is 5.41. The molecule has 0 aliphatic carbocycles. The van der Waals surface area contributed by atoms with Crippen LogP contribution in [0.2, 0.25) is 0 Å². The van der Waals surface area contributed by atoms with Gasteiger partial charge in [-0.05, 0) is 55.0 Å². The number of nitrogens with one attached hydrogen (secondary N) is 1. The maximum atomic E-state index is 12.2. The molecule has 1 aromatic carbocycles. The van der Waals surface area contributed by atoms with Crippen molar-refractivity contribution in [2.45, 2.75) is 25.3 Å². The summed E-state index contributed by atoms with van der Waals surface area (Å²) in [6.45, 7) is 4.86. The van der Waals surface area contributed by atoms with E-state index in [4.69, 9.17) is 0 Å². The monoisotopic (exact) mass is 422 g/mol. The number of thioether (sulfide) groups is 1. The lowest BCUT2D eigenvalue weighted by atomic mass is 10.0. The normalized spacial score (nSPS) is 11.1. The molecule has 0 aliphatic heterocycles. The third kappa shape index (κ3) is 4.68. The average molecular weight is 423 g/mol. The van der Waals surface area contributed by atoms with Gasteiger partial charge in [-0.2, -0.15) is 5.10 Å². The highest BCUT2D eigenvalue weighted by Crippen LogP contribution is 2.27. The Hall–Kier alpha value is -2.64. The van der Waals surface area contributed by atoms with Crippen LogP contribution >= 0.6 is 23.1 Å². The van der Waals surface area contributed by atoms with Gasteiger partial charge in [0, 0.05) is 29.4 Å². The Balaban J connectivity index is 1.43. The van der Waals surface area contributed by atoms with Crippen molar-refractivity contribution in [1.29, 1.82) is 0 Å². The molecule has 0 unspecified atom stereocenters. The fourth-order valence-electron chi connectivity index (χ4n) is 3.02. The molecule has 0 aliphatic rings. The number of carbonyl (C=O) groups excluding carboxylic acids is 1. The van der Waals surface area contributed by atoms with Crippen molar-refractivity contribution in [2.75, 3.05) is 12.3 Å². The first-order valence-corrected chi connectivity index (χ1v) is 11.3. The Bertz CT molecular complexity index is 1140. The van der Waals surface area contributed by atoms with Gasteiger partial charge in [-0.15, -0.1) is 11.3 Å². The summed E-state index contributed by atoms with van der Waals surface area (Å²) in [6.07, 6.45) is 4.43. The molecule has 4 rings (SSSR count). The van der Waals surface area contributed by atoms with Gasteiger partial charge in [0.05, 0.1) is 17.0 Å². The molecule has 0 spiro atoms. The summed E-state index contributed by atoms with van der Waals surface area (Å²) in [5, 5.41) is 10.5. The number of benzene rings is 1. The molecule has 1 N–H and O–H groups in total. The van der Waals surface area contributed by atoms with Gasteiger partial charge in [0.2, 0.25) is 5.91 Å². The van der Waals surface area contributed by atoms with Gasteiger partial charge in [-0.1, -0.05) is 30.0 Å². The molecule has 0 bridgehead atoms. The molecular weight excluding hydrogens is 400 g/mol. The number of aryl methyl sites for hydroxylation is 2. The van der Waals surface area contributed by atoms with Gasteiger partial charge in [-0.25, -0.2) is 9.50 Å². The number of thiophene rings is 1. The Morgan fingerprint density at radius 1 is 1.21 bits per heavy atom. The van der Waals surface area contributed by atoms with E-state index in [1.807, 2.05) is 22.8 Å². The first-order valence-electron chi connectivity index (χ1n) is 9.44. The summed E-state index contributed by atoms with van der Waals surface area (Å²) in [7, 11) is 0. The van der Waals surface area contributed by atoms with Gasteiger partial charge >= 0.3 is 0 Å². The minimum absolute atomic E-state index is 0.0178. The van der Waals surface area contributed by atoms with Crippen molar-refractivity contribution >= 4 is 34.5 Å². The molecule has 4 aromatic rings. The van der Waals surface area contributed by atoms with Crippen molar-refractivity contribution < 1.29 is 4.79 Å². The molecule has 0 saturated heterocycles. The second kappa shape index (κ2) is 8.80. The summed E-state index contributed by atoms with van der Waals surface area (Å²) in [6, 6.07) is 12.5. The van der Waals surface area contributed by atoms with Crippen molar-refractivity contribution in [3.8, 4) is 11.3 Å². The Morgan fingerprint density at radius 3 is 2.90 bits per heavy atom. The first kappa shape index (κ1) is 19.7. The minimum Gasteiger partial charge on any atom is -0.355 e. The topological polar surface area (TPSA) is 59.3 Å². The molecule has 29 heavy (non-hydrogen) atoms. The molecule has 0 atom stereocenters. The van der Waals surface area contributed by atoms with Gasteiger partial charge in [0.1, 0.15) is 5.03 Å². The molecule has 3 aromatic heterocycles. The van der Waals surface area contributed by atoms with Crippen LogP contribution in [0.3, 0.4) is 0 Å². The number of carbonyl (C=O) groups is 1. The fourth-order valence-corrected chi connectivity index (χ4v) is 4.53. The van der Waals surface area contributed by atoms with E-state index in [0.717, 1.165) is 28.2 Å². The lowest BCUT2D eigenvalue weighted by molar-refractivity contribution is -0.118. The summed E-state index contributed by atoms with van der Waals surface area (Å²) in [5.74, 6) is 0.352. The smallest absolute Gasteiger partial charge is 0.230 e. The van der Waals surface area contributed by atoms with Crippen LogP contribution in [0.1, 0.15) is 16.0 Å². The predicted octanol–water partition coefficient (Wildman–Crippen LogP) is 4.53. The lowest BCUT2D eigenvalue weighted by Crippen LogP contribution is -2.27. The van der Waals surface area contributed by atoms with Gasteiger partial charge in [-0.3, -0.25) is 4.79 Å². The highest BCUT2D eigenvalue weighted by Gasteiger charge is 2.12. The van der Waals surface area contributed by atoms with Crippen LogP contribution in [-0.4, -0.2) is 32.8 Å². The Labute approximate surface area is 178 Å². The lowest BCUT2D eigenvalue weighted by Gasteiger charge is -2.05. The zero-order valence-corrected chi connectivity index (χ0v) is 18.0. The molecule has 0 saturated carbocycles. The SMILES string of the molecule is Cc1ccc(-c2cc3c(SCC(=O)NCCc4cccs4)nccn3n2)cc1C. The highest BCUT2D eigenvalue weighted by atomic mass is 32.2. The van der Waals surface area contributed by atoms with E-state index in [9.17, 15) is 4.79 Å². The van der Waals surface area contributed by atoms with E-state index in [-0.39, 0.29) is 5.91 Å². The molecule has 3 heterocycles. The second-order valence-corrected chi connectivity index (χ2v) is 8.86. The second-order valence-electron chi connectivity index (χ2n) is 6.86. The van der Waals surface area contributed by atoms with Crippen LogP contribution in [0.25, 0.3) is 16.8 Å². The zero-order valence-electron chi connectivity index (χ0n) is 16.4. The highest BCUT2D eigenvalue weighted by molar-refractivity contribution is 8.00. The van der Waals surface area contributed by atoms with Crippen LogP contribution in [0.15, 0.2) is 59.2 Å². The van der Waals surface area contributed by atoms with E-state index in [2.05, 4.69) is 58.9 Å². The van der Waals surface area contributed by atoms with Crippen LogP contribution in [0, 0.1) is 13.8 Å². The van der Waals surface area contributed by atoms with Crippen molar-refractivity contribution in [3.63, 3.8) is 0 Å². The summed E-state index contributed by atoms with van der Waals surface area (Å²) >= 11 is 3.15. The van der Waals surface area contributed by atoms with Crippen LogP contribution in [-0.2, 0) is 11.2 Å². The van der Waals surface area contributed by atoms with Crippen molar-refractivity contribution in [3.05, 3.63) is 70.2 Å². The molecular formula is C22H22N4OS2. The Morgan fingerprint density at radius 2 is 2.10 bits per heavy atom. The van der Waals surface area contributed by atoms with Crippen LogP contribution in [0.4, 0.5) is 0 Å². The Kier molecular flexibility index (Phi) is 5.97. The number of nitrogens with zero attached hydrogens (tertiary/aromatic N) is 3. The number of hydrogen-bond acceptors (Lipinski definition) is 5. The van der Waals surface area contributed by atoms with Crippen LogP contribution in [0.5, 0.6) is 0 Å². The zero-order chi connectivity index (χ0) is 20.2. The largest absolute Gasteiger partial charge is 0.355 e. The molecule has 7 heteroatoms. The number of amides is 1. The number of rotatable bonds is 7. The average Bonchev–Trinajstić information content (AvgIpc) is 3.38. The number of fused-ring (bicyclic) bond motifs is 1. The maximum absolute atomic E-state index is 12.2. The first-order chi connectivity index (χ1) is 14.1. The van der Waals surface area contributed by atoms with E-state index >= 15 is 0 Å². The molecule has 0 fully saturated rings. The maximum Gasteiger partial charge on any atom is 0.230 e. The standard InChI is InChI=1S/C22H22N4OS2/c1-15-5-6-17(12-16(15)2)19-13-20-22(24-9-10-26(20)25-19)29-14-21(27)23-8-7-18-4-3-11-28-18/h3-6,9-13H,7-8,14H2,1-2H3,(H,23,27). The quantitative estimate of drug-likeness (QED) is 0.445. The van der Waals surface area contributed by atoms with Gasteiger partial charge in [0.15, 0.2) is 0 Å². The van der Waals surface area contributed by atoms with Crippen molar-refractivity contribution in [1.82, 2.24) is 19.9 Å². The third-order valence-corrected chi connectivity index (χ3v) is 6.70. The van der Waals surface area contributed by atoms with Crippen molar-refractivity contribution in [2.24, 2.45) is 0 Å². The van der Waals surface area contributed by atoms with E-state index in [1.54, 1.807) is 17.5 Å². The summed E-state index contributed by atoms with van der Waals surface area (Å²) in [4.78, 5) is 17.9. The third-order valence-electron chi connectivity index (χ3n) is 4.77. The fraction of sp³-hybridized carbons (Fsp3) is 0.227. The van der Waals surface area contributed by atoms with E-state index in [0.29, 0.717) is 12.3 Å². The molecule has 1 amide bonds. The van der Waals surface area contributed by atoms with E-state index in [1.165, 1.54) is 27.8 Å². The predicted molar refractivity (Wildman–Crippen MR) is 120 cm³/mol. The molecule has 0 radical (unpaired) electrons. The summed E-state index contributed by atoms with van der Waals surface area (Å²) < 4.78 is 1.83. The van der Waals surface area contributed by atoms with Crippen LogP contribution < -0.4 is 5.32 Å². The number of aromatic nitrogens is 3. The number of hydrogen-bond donors (Lipinski definition) is 1. The van der Waals surface area contributed by atoms with Gasteiger partial charge < -0.3 is 5.32 Å². The molecule has 5 nitrogen and oxygen atoms in total.